The van der Waals surface area contributed by atoms with Crippen molar-refractivity contribution in [3.63, 3.8) is 0 Å². The minimum atomic E-state index is -0.169. The third-order valence-electron chi connectivity index (χ3n) is 4.64. The summed E-state index contributed by atoms with van der Waals surface area (Å²) in [7, 11) is 0. The number of carbonyl (C=O) groups is 1. The van der Waals surface area contributed by atoms with E-state index in [2.05, 4.69) is 52.0 Å². The number of nitrogens with two attached hydrogens (primary N) is 1. The normalized spacial score (nSPS) is 14.4. The van der Waals surface area contributed by atoms with Crippen LogP contribution in [0.2, 0.25) is 0 Å². The zero-order chi connectivity index (χ0) is 17.5. The summed E-state index contributed by atoms with van der Waals surface area (Å²) in [4.78, 5) is 13.7. The summed E-state index contributed by atoms with van der Waals surface area (Å²) in [5.74, 6) is 4.95. The van der Waals surface area contributed by atoms with Gasteiger partial charge in [0, 0.05) is 31.9 Å². The molecule has 0 spiro atoms. The maximum atomic E-state index is 11.3. The first-order valence-corrected chi connectivity index (χ1v) is 8.86. The van der Waals surface area contributed by atoms with Gasteiger partial charge in [0.2, 0.25) is 5.91 Å². The molecule has 132 valence electrons. The fourth-order valence-electron chi connectivity index (χ4n) is 3.18. The van der Waals surface area contributed by atoms with E-state index in [0.717, 1.165) is 44.6 Å². The Kier molecular flexibility index (Phi) is 6.04. The minimum absolute atomic E-state index is 0.169. The third-order valence-corrected chi connectivity index (χ3v) is 4.64. The molecule has 0 aliphatic carbocycles. The Morgan fingerprint density at radius 3 is 2.40 bits per heavy atom. The van der Waals surface area contributed by atoms with E-state index in [0.29, 0.717) is 6.42 Å². The number of nitrogens with one attached hydrogen (secondary N) is 2. The molecule has 0 saturated carbocycles. The van der Waals surface area contributed by atoms with Crippen LogP contribution in [0, 0.1) is 0 Å². The Balaban J connectivity index is 1.57. The van der Waals surface area contributed by atoms with Crippen molar-refractivity contribution in [1.29, 1.82) is 0 Å². The number of hydrazine groups is 1. The number of aryl methyl sites for hydroxylation is 2. The maximum absolute atomic E-state index is 11.3. The molecule has 1 saturated heterocycles. The lowest BCUT2D eigenvalue weighted by Gasteiger charge is -2.29. The molecule has 0 unspecified atom stereocenters. The summed E-state index contributed by atoms with van der Waals surface area (Å²) in [5, 5.41) is 3.39. The third kappa shape index (κ3) is 5.05. The van der Waals surface area contributed by atoms with Crippen molar-refractivity contribution in [2.75, 3.05) is 31.1 Å². The fourth-order valence-corrected chi connectivity index (χ4v) is 3.18. The summed E-state index contributed by atoms with van der Waals surface area (Å²) in [6, 6.07) is 17.1. The predicted molar refractivity (Wildman–Crippen MR) is 101 cm³/mol. The van der Waals surface area contributed by atoms with Gasteiger partial charge < -0.3 is 10.2 Å². The molecule has 0 aromatic heterocycles. The minimum Gasteiger partial charge on any atom is -0.369 e. The van der Waals surface area contributed by atoms with E-state index < -0.39 is 0 Å². The fraction of sp³-hybridized carbons (Fsp3) is 0.350. The molecule has 5 heteroatoms. The second kappa shape index (κ2) is 8.65. The lowest BCUT2D eigenvalue weighted by atomic mass is 10.0. The van der Waals surface area contributed by atoms with Gasteiger partial charge >= 0.3 is 0 Å². The van der Waals surface area contributed by atoms with Crippen molar-refractivity contribution in [3.05, 3.63) is 65.2 Å². The second-order valence-electron chi connectivity index (χ2n) is 6.47. The number of piperazine rings is 1. The van der Waals surface area contributed by atoms with Gasteiger partial charge in [0.25, 0.3) is 0 Å². The summed E-state index contributed by atoms with van der Waals surface area (Å²) in [5.41, 5.74) is 7.11. The Bertz CT molecular complexity index is 693. The number of benzene rings is 2. The molecule has 0 atom stereocenters. The molecule has 3 rings (SSSR count). The lowest BCUT2D eigenvalue weighted by molar-refractivity contribution is -0.120. The van der Waals surface area contributed by atoms with Crippen molar-refractivity contribution in [1.82, 2.24) is 10.7 Å². The van der Waals surface area contributed by atoms with Crippen molar-refractivity contribution >= 4 is 11.6 Å². The van der Waals surface area contributed by atoms with Crippen LogP contribution in [0.1, 0.15) is 16.7 Å². The highest BCUT2D eigenvalue weighted by molar-refractivity contribution is 5.77. The second-order valence-corrected chi connectivity index (χ2v) is 6.47. The van der Waals surface area contributed by atoms with Crippen LogP contribution in [0.5, 0.6) is 0 Å². The molecule has 2 aromatic rings. The van der Waals surface area contributed by atoms with E-state index in [-0.39, 0.29) is 5.91 Å². The predicted octanol–water partition coefficient (Wildman–Crippen LogP) is 1.41. The van der Waals surface area contributed by atoms with Crippen molar-refractivity contribution in [2.45, 2.75) is 19.3 Å². The number of rotatable bonds is 6. The highest BCUT2D eigenvalue weighted by Gasteiger charge is 2.10. The van der Waals surface area contributed by atoms with Crippen LogP contribution in [0.4, 0.5) is 5.69 Å². The molecule has 0 radical (unpaired) electrons. The van der Waals surface area contributed by atoms with Crippen LogP contribution in [-0.2, 0) is 24.1 Å². The van der Waals surface area contributed by atoms with Gasteiger partial charge in [0.05, 0.1) is 6.42 Å². The van der Waals surface area contributed by atoms with E-state index in [1.165, 1.54) is 16.8 Å². The van der Waals surface area contributed by atoms with Crippen LogP contribution < -0.4 is 21.5 Å². The van der Waals surface area contributed by atoms with E-state index >= 15 is 0 Å². The molecule has 1 aliphatic rings. The summed E-state index contributed by atoms with van der Waals surface area (Å²) in [6.07, 6.45) is 2.33. The lowest BCUT2D eigenvalue weighted by Crippen LogP contribution is -2.43. The number of hydrogen-bond acceptors (Lipinski definition) is 4. The Morgan fingerprint density at radius 2 is 1.68 bits per heavy atom. The topological polar surface area (TPSA) is 70.4 Å². The highest BCUT2D eigenvalue weighted by Crippen LogP contribution is 2.18. The van der Waals surface area contributed by atoms with Crippen LogP contribution in [0.3, 0.4) is 0 Å². The summed E-state index contributed by atoms with van der Waals surface area (Å²) in [6.45, 7) is 4.25. The van der Waals surface area contributed by atoms with Crippen LogP contribution in [0.15, 0.2) is 48.5 Å². The SMILES string of the molecule is NNC(=O)Cc1ccc(CCc2cccc(N3CCNCC3)c2)cc1. The van der Waals surface area contributed by atoms with Crippen LogP contribution >= 0.6 is 0 Å². The summed E-state index contributed by atoms with van der Waals surface area (Å²) < 4.78 is 0. The molecule has 1 heterocycles. The van der Waals surface area contributed by atoms with E-state index in [1.54, 1.807) is 0 Å². The molecule has 1 fully saturated rings. The van der Waals surface area contributed by atoms with Crippen molar-refractivity contribution < 1.29 is 4.79 Å². The summed E-state index contributed by atoms with van der Waals surface area (Å²) >= 11 is 0. The van der Waals surface area contributed by atoms with Crippen LogP contribution in [-0.4, -0.2) is 32.1 Å². The van der Waals surface area contributed by atoms with Gasteiger partial charge in [-0.25, -0.2) is 5.84 Å². The number of hydrogen-bond donors (Lipinski definition) is 3. The first-order chi connectivity index (χ1) is 12.2. The Labute approximate surface area is 149 Å². The zero-order valence-electron chi connectivity index (χ0n) is 14.5. The zero-order valence-corrected chi connectivity index (χ0v) is 14.5. The van der Waals surface area contributed by atoms with Crippen molar-refractivity contribution in [3.8, 4) is 0 Å². The van der Waals surface area contributed by atoms with Gasteiger partial charge in [-0.15, -0.1) is 0 Å². The maximum Gasteiger partial charge on any atom is 0.238 e. The number of anilines is 1. The molecule has 5 nitrogen and oxygen atoms in total. The number of nitrogens with zero attached hydrogens (tertiary/aromatic N) is 1. The van der Waals surface area contributed by atoms with Crippen molar-refractivity contribution in [2.24, 2.45) is 5.84 Å². The average Bonchev–Trinajstić information content (AvgIpc) is 2.68. The molecule has 4 N–H and O–H groups in total. The molecule has 25 heavy (non-hydrogen) atoms. The van der Waals surface area contributed by atoms with E-state index in [4.69, 9.17) is 5.84 Å². The quantitative estimate of drug-likeness (QED) is 0.423. The molecule has 1 aliphatic heterocycles. The van der Waals surface area contributed by atoms with Gasteiger partial charge in [-0.1, -0.05) is 36.4 Å². The molecule has 1 amide bonds. The van der Waals surface area contributed by atoms with E-state index in [9.17, 15) is 4.79 Å². The van der Waals surface area contributed by atoms with Gasteiger partial charge in [-0.2, -0.15) is 0 Å². The van der Waals surface area contributed by atoms with Crippen LogP contribution in [0.25, 0.3) is 0 Å². The Hall–Kier alpha value is -2.37. The molecule has 0 bridgehead atoms. The van der Waals surface area contributed by atoms with Gasteiger partial charge in [0.1, 0.15) is 0 Å². The standard InChI is InChI=1S/C20H26N4O/c21-23-20(25)15-18-8-5-16(6-9-18)4-7-17-2-1-3-19(14-17)24-12-10-22-11-13-24/h1-3,5-6,8-9,14,22H,4,7,10-13,15,21H2,(H,23,25). The number of carbonyl (C=O) groups excluding carboxylic acids is 1. The highest BCUT2D eigenvalue weighted by atomic mass is 16.2. The van der Waals surface area contributed by atoms with Gasteiger partial charge in [-0.3, -0.25) is 10.2 Å². The largest absolute Gasteiger partial charge is 0.369 e. The van der Waals surface area contributed by atoms with E-state index in [1.807, 2.05) is 12.1 Å². The first kappa shape index (κ1) is 17.5. The molecular weight excluding hydrogens is 312 g/mol. The Morgan fingerprint density at radius 1 is 1.00 bits per heavy atom. The molecular formula is C20H26N4O. The van der Waals surface area contributed by atoms with Gasteiger partial charge in [0.15, 0.2) is 0 Å². The van der Waals surface area contributed by atoms with Gasteiger partial charge in [-0.05, 0) is 41.7 Å². The first-order valence-electron chi connectivity index (χ1n) is 8.86. The number of amides is 1. The molecule has 2 aromatic carbocycles. The monoisotopic (exact) mass is 338 g/mol. The smallest absolute Gasteiger partial charge is 0.238 e. The average molecular weight is 338 g/mol.